The van der Waals surface area contributed by atoms with Crippen molar-refractivity contribution in [3.05, 3.63) is 82.8 Å². The van der Waals surface area contributed by atoms with Crippen molar-refractivity contribution in [2.45, 2.75) is 11.1 Å². The molecule has 14 heteroatoms. The first-order chi connectivity index (χ1) is 17.9. The third-order valence-electron chi connectivity index (χ3n) is 4.66. The van der Waals surface area contributed by atoms with E-state index in [2.05, 4.69) is 4.98 Å². The van der Waals surface area contributed by atoms with E-state index in [-0.39, 0.29) is 35.3 Å². The average molecular weight is 575 g/mol. The summed E-state index contributed by atoms with van der Waals surface area (Å²) in [7, 11) is -2.80. The first kappa shape index (κ1) is 28.9. The second kappa shape index (κ2) is 12.2. The van der Waals surface area contributed by atoms with Crippen molar-refractivity contribution in [3.8, 4) is 17.4 Å². The quantitative estimate of drug-likeness (QED) is 0.201. The van der Waals surface area contributed by atoms with E-state index in [0.29, 0.717) is 18.0 Å². The number of halogens is 5. The summed E-state index contributed by atoms with van der Waals surface area (Å²) in [6, 6.07) is 8.81. The Hall–Kier alpha value is -3.68. The molecule has 1 amide bonds. The summed E-state index contributed by atoms with van der Waals surface area (Å²) in [5.74, 6) is -1.77. The second-order valence-corrected chi connectivity index (χ2v) is 9.50. The van der Waals surface area contributed by atoms with Gasteiger partial charge in [-0.15, -0.1) is 0 Å². The van der Waals surface area contributed by atoms with Crippen LogP contribution in [0.2, 0.25) is 5.02 Å². The minimum atomic E-state index is -4.67. The monoisotopic (exact) mass is 574 g/mol. The summed E-state index contributed by atoms with van der Waals surface area (Å²) < 4.78 is 94.4. The largest absolute Gasteiger partial charge is 0.491 e. The molecule has 38 heavy (non-hydrogen) atoms. The lowest BCUT2D eigenvalue weighted by molar-refractivity contribution is -0.137. The highest BCUT2D eigenvalue weighted by Crippen LogP contribution is 2.36. The van der Waals surface area contributed by atoms with E-state index in [0.717, 1.165) is 30.3 Å². The Balaban J connectivity index is 1.86. The molecule has 0 aliphatic rings. The van der Waals surface area contributed by atoms with E-state index in [1.165, 1.54) is 31.4 Å². The standard InChI is InChI=1S/C24H19ClF4N2O6S/c1-35-10-11-36-18-6-2-15(3-9-22(32)31-38(33,34)19-7-4-17(26)5-8-19)21(13-18)37-23-20(25)12-16(14-30-23)24(27,28)29/h2-9,12-14H,10-11H2,1H3,(H,31,32)/b9-3+. The Labute approximate surface area is 219 Å². The number of carbonyl (C=O) groups excluding carboxylic acids is 1. The number of hydrogen-bond acceptors (Lipinski definition) is 7. The fraction of sp³-hybridized carbons (Fsp3) is 0.167. The molecule has 0 radical (unpaired) electrons. The van der Waals surface area contributed by atoms with Gasteiger partial charge >= 0.3 is 6.18 Å². The fourth-order valence-electron chi connectivity index (χ4n) is 2.84. The number of nitrogens with one attached hydrogen (secondary N) is 1. The van der Waals surface area contributed by atoms with Crippen molar-refractivity contribution in [2.75, 3.05) is 20.3 Å². The summed E-state index contributed by atoms with van der Waals surface area (Å²) in [5.41, 5.74) is -0.873. The van der Waals surface area contributed by atoms with E-state index in [1.54, 1.807) is 0 Å². The van der Waals surface area contributed by atoms with Crippen LogP contribution in [0.15, 0.2) is 65.7 Å². The van der Waals surface area contributed by atoms with E-state index in [1.807, 2.05) is 4.72 Å². The molecule has 1 heterocycles. The zero-order chi connectivity index (χ0) is 27.9. The lowest BCUT2D eigenvalue weighted by Crippen LogP contribution is -2.28. The van der Waals surface area contributed by atoms with Crippen LogP contribution in [0.5, 0.6) is 17.4 Å². The molecular weight excluding hydrogens is 556 g/mol. The number of nitrogens with zero attached hydrogens (tertiary/aromatic N) is 1. The maximum absolute atomic E-state index is 13.1. The number of aromatic nitrogens is 1. The summed E-state index contributed by atoms with van der Waals surface area (Å²) in [6.07, 6.45) is -2.04. The maximum atomic E-state index is 13.1. The fourth-order valence-corrected chi connectivity index (χ4v) is 3.99. The number of pyridine rings is 1. The number of rotatable bonds is 10. The second-order valence-electron chi connectivity index (χ2n) is 7.41. The Kier molecular flexibility index (Phi) is 9.31. The van der Waals surface area contributed by atoms with Gasteiger partial charge in [0.2, 0.25) is 5.88 Å². The van der Waals surface area contributed by atoms with Gasteiger partial charge in [-0.3, -0.25) is 4.79 Å². The number of benzene rings is 2. The van der Waals surface area contributed by atoms with Crippen molar-refractivity contribution in [1.29, 1.82) is 0 Å². The van der Waals surface area contributed by atoms with Crippen molar-refractivity contribution in [1.82, 2.24) is 9.71 Å². The molecule has 3 rings (SSSR count). The van der Waals surface area contributed by atoms with Gasteiger partial charge in [0, 0.05) is 31.0 Å². The van der Waals surface area contributed by atoms with Crippen molar-refractivity contribution in [2.24, 2.45) is 0 Å². The van der Waals surface area contributed by atoms with Gasteiger partial charge < -0.3 is 14.2 Å². The van der Waals surface area contributed by atoms with Gasteiger partial charge in [-0.2, -0.15) is 13.2 Å². The average Bonchev–Trinajstić information content (AvgIpc) is 2.84. The Morgan fingerprint density at radius 1 is 1.11 bits per heavy atom. The normalized spacial score (nSPS) is 11.9. The molecule has 1 N–H and O–H groups in total. The third kappa shape index (κ3) is 7.91. The van der Waals surface area contributed by atoms with E-state index in [4.69, 9.17) is 25.8 Å². The number of methoxy groups -OCH3 is 1. The summed E-state index contributed by atoms with van der Waals surface area (Å²) in [4.78, 5) is 15.6. The SMILES string of the molecule is COCCOc1ccc(/C=C/C(=O)NS(=O)(=O)c2ccc(F)cc2)c(Oc2ncc(C(F)(F)F)cc2Cl)c1. The maximum Gasteiger partial charge on any atom is 0.417 e. The Bertz CT molecular complexity index is 1430. The predicted octanol–water partition coefficient (Wildman–Crippen LogP) is 5.23. The zero-order valence-corrected chi connectivity index (χ0v) is 21.0. The zero-order valence-electron chi connectivity index (χ0n) is 19.5. The summed E-state index contributed by atoms with van der Waals surface area (Å²) in [6.45, 7) is 0.445. The topological polar surface area (TPSA) is 104 Å². The predicted molar refractivity (Wildman–Crippen MR) is 129 cm³/mol. The Morgan fingerprint density at radius 2 is 1.82 bits per heavy atom. The van der Waals surface area contributed by atoms with E-state index < -0.39 is 38.5 Å². The molecule has 0 saturated heterocycles. The molecule has 2 aromatic carbocycles. The highest BCUT2D eigenvalue weighted by atomic mass is 35.5. The molecule has 0 bridgehead atoms. The molecule has 202 valence electrons. The highest BCUT2D eigenvalue weighted by molar-refractivity contribution is 7.90. The van der Waals surface area contributed by atoms with Crippen LogP contribution in [0.25, 0.3) is 6.08 Å². The van der Waals surface area contributed by atoms with Crippen molar-refractivity contribution in [3.63, 3.8) is 0 Å². The molecule has 0 unspecified atom stereocenters. The van der Waals surface area contributed by atoms with Crippen LogP contribution in [0.3, 0.4) is 0 Å². The minimum absolute atomic E-state index is 0.0143. The molecule has 0 saturated carbocycles. The van der Waals surface area contributed by atoms with Gasteiger partial charge in [0.15, 0.2) is 0 Å². The van der Waals surface area contributed by atoms with Crippen LogP contribution < -0.4 is 14.2 Å². The van der Waals surface area contributed by atoms with Crippen LogP contribution >= 0.6 is 11.6 Å². The molecule has 0 aliphatic heterocycles. The van der Waals surface area contributed by atoms with Crippen molar-refractivity contribution < 1.29 is 45.0 Å². The van der Waals surface area contributed by atoms with Crippen LogP contribution in [0.1, 0.15) is 11.1 Å². The number of alkyl halides is 3. The molecule has 0 fully saturated rings. The molecule has 0 aliphatic carbocycles. The molecule has 0 atom stereocenters. The van der Waals surface area contributed by atoms with Gasteiger partial charge in [0.1, 0.15) is 28.9 Å². The minimum Gasteiger partial charge on any atom is -0.491 e. The van der Waals surface area contributed by atoms with Gasteiger partial charge in [0.25, 0.3) is 15.9 Å². The smallest absolute Gasteiger partial charge is 0.417 e. The molecule has 1 aromatic heterocycles. The lowest BCUT2D eigenvalue weighted by Gasteiger charge is -2.13. The van der Waals surface area contributed by atoms with E-state index >= 15 is 0 Å². The summed E-state index contributed by atoms with van der Waals surface area (Å²) >= 11 is 5.94. The highest BCUT2D eigenvalue weighted by Gasteiger charge is 2.32. The van der Waals surface area contributed by atoms with Crippen molar-refractivity contribution >= 4 is 33.6 Å². The molecule has 3 aromatic rings. The molecular formula is C24H19ClF4N2O6S. The van der Waals surface area contributed by atoms with Gasteiger partial charge in [-0.05, 0) is 48.5 Å². The van der Waals surface area contributed by atoms with Gasteiger partial charge in [-0.25, -0.2) is 22.5 Å². The van der Waals surface area contributed by atoms with E-state index in [9.17, 15) is 30.8 Å². The first-order valence-corrected chi connectivity index (χ1v) is 12.4. The number of sulfonamides is 1. The van der Waals surface area contributed by atoms with Gasteiger partial charge in [0.05, 0.1) is 17.1 Å². The van der Waals surface area contributed by atoms with Gasteiger partial charge in [-0.1, -0.05) is 11.6 Å². The van der Waals surface area contributed by atoms with Crippen LogP contribution in [0.4, 0.5) is 17.6 Å². The number of ether oxygens (including phenoxy) is 3. The summed E-state index contributed by atoms with van der Waals surface area (Å²) in [5, 5.41) is -0.427. The molecule has 8 nitrogen and oxygen atoms in total. The number of hydrogen-bond donors (Lipinski definition) is 1. The number of amides is 1. The van der Waals surface area contributed by atoms with Crippen LogP contribution in [-0.4, -0.2) is 39.6 Å². The Morgan fingerprint density at radius 3 is 2.45 bits per heavy atom. The molecule has 0 spiro atoms. The first-order valence-electron chi connectivity index (χ1n) is 10.6. The van der Waals surface area contributed by atoms with Crippen LogP contribution in [-0.2, 0) is 25.7 Å². The number of carbonyl (C=O) groups is 1. The third-order valence-corrected chi connectivity index (χ3v) is 6.29. The lowest BCUT2D eigenvalue weighted by atomic mass is 10.1. The van der Waals surface area contributed by atoms with Crippen LogP contribution in [0, 0.1) is 5.82 Å².